The van der Waals surface area contributed by atoms with Gasteiger partial charge in [0.05, 0.1) is 18.7 Å². The molecular weight excluding hydrogens is 396 g/mol. The largest absolute Gasteiger partial charge is 0.378 e. The Morgan fingerprint density at radius 3 is 2.65 bits per heavy atom. The van der Waals surface area contributed by atoms with Crippen molar-refractivity contribution in [3.8, 4) is 0 Å². The fraction of sp³-hybridized carbons (Fsp3) is 0.391. The van der Waals surface area contributed by atoms with E-state index in [2.05, 4.69) is 10.1 Å². The van der Waals surface area contributed by atoms with E-state index in [0.717, 1.165) is 11.3 Å². The van der Waals surface area contributed by atoms with Crippen LogP contribution < -0.4 is 5.56 Å². The molecule has 0 atom stereocenters. The van der Waals surface area contributed by atoms with Crippen LogP contribution in [0.15, 0.2) is 29.2 Å². The number of morpholine rings is 1. The Balaban J connectivity index is 1.68. The highest BCUT2D eigenvalue weighted by Gasteiger charge is 2.29. The quantitative estimate of drug-likeness (QED) is 0.636. The van der Waals surface area contributed by atoms with Crippen molar-refractivity contribution < 1.29 is 14.3 Å². The molecule has 0 radical (unpaired) electrons. The minimum atomic E-state index is -0.159. The molecule has 1 aliphatic rings. The van der Waals surface area contributed by atoms with Gasteiger partial charge in [-0.2, -0.15) is 5.10 Å². The zero-order chi connectivity index (χ0) is 22.1. The minimum absolute atomic E-state index is 0.108. The van der Waals surface area contributed by atoms with Crippen molar-refractivity contribution in [2.45, 2.75) is 33.6 Å². The van der Waals surface area contributed by atoms with E-state index in [9.17, 15) is 14.4 Å². The number of Topliss-reactive ketones (excluding diaryl/α,β-unsaturated/α-hetero) is 1. The molecule has 31 heavy (non-hydrogen) atoms. The van der Waals surface area contributed by atoms with Crippen molar-refractivity contribution in [3.05, 3.63) is 68.4 Å². The highest BCUT2D eigenvalue weighted by Crippen LogP contribution is 2.26. The van der Waals surface area contributed by atoms with Crippen molar-refractivity contribution >= 4 is 17.2 Å². The number of ketones is 1. The van der Waals surface area contributed by atoms with Gasteiger partial charge < -0.3 is 14.6 Å². The first-order valence-corrected chi connectivity index (χ1v) is 10.4. The van der Waals surface area contributed by atoms with Crippen molar-refractivity contribution in [2.24, 2.45) is 0 Å². The van der Waals surface area contributed by atoms with Crippen LogP contribution in [-0.4, -0.2) is 57.5 Å². The van der Waals surface area contributed by atoms with E-state index in [1.54, 1.807) is 34.7 Å². The van der Waals surface area contributed by atoms with Crippen LogP contribution in [0.25, 0.3) is 5.52 Å². The zero-order valence-electron chi connectivity index (χ0n) is 18.0. The molecule has 0 bridgehead atoms. The van der Waals surface area contributed by atoms with Gasteiger partial charge in [-0.25, -0.2) is 4.52 Å². The highest BCUT2D eigenvalue weighted by atomic mass is 16.5. The Morgan fingerprint density at radius 2 is 1.94 bits per heavy atom. The fourth-order valence-electron chi connectivity index (χ4n) is 4.28. The van der Waals surface area contributed by atoms with Gasteiger partial charge in [-0.3, -0.25) is 14.4 Å². The van der Waals surface area contributed by atoms with Crippen molar-refractivity contribution in [3.63, 3.8) is 0 Å². The summed E-state index contributed by atoms with van der Waals surface area (Å²) in [5, 5.41) is 4.35. The number of aromatic amines is 1. The van der Waals surface area contributed by atoms with Gasteiger partial charge in [0.15, 0.2) is 5.78 Å². The maximum absolute atomic E-state index is 13.3. The molecule has 162 valence electrons. The molecule has 1 saturated heterocycles. The third-order valence-corrected chi connectivity index (χ3v) is 5.82. The number of aryl methyl sites for hydroxylation is 2. The average Bonchev–Trinajstić information content (AvgIpc) is 3.04. The molecule has 4 rings (SSSR count). The van der Waals surface area contributed by atoms with Crippen LogP contribution in [0.2, 0.25) is 0 Å². The van der Waals surface area contributed by atoms with Gasteiger partial charge in [0, 0.05) is 42.5 Å². The highest BCUT2D eigenvalue weighted by molar-refractivity contribution is 6.08. The van der Waals surface area contributed by atoms with E-state index in [4.69, 9.17) is 4.74 Å². The molecular formula is C23H26N4O4. The van der Waals surface area contributed by atoms with Crippen LogP contribution in [0.4, 0.5) is 0 Å². The van der Waals surface area contributed by atoms with Crippen LogP contribution in [0, 0.1) is 20.8 Å². The maximum atomic E-state index is 13.3. The van der Waals surface area contributed by atoms with Crippen LogP contribution in [0.1, 0.15) is 49.7 Å². The van der Waals surface area contributed by atoms with Crippen molar-refractivity contribution in [1.82, 2.24) is 19.5 Å². The molecule has 8 nitrogen and oxygen atoms in total. The summed E-state index contributed by atoms with van der Waals surface area (Å²) in [5.74, 6) is -0.261. The second-order valence-electron chi connectivity index (χ2n) is 7.94. The lowest BCUT2D eigenvalue weighted by Crippen LogP contribution is -2.41. The zero-order valence-corrected chi connectivity index (χ0v) is 18.0. The summed E-state index contributed by atoms with van der Waals surface area (Å²) in [6, 6.07) is 5.46. The second-order valence-corrected chi connectivity index (χ2v) is 7.94. The molecule has 0 unspecified atom stereocenters. The van der Waals surface area contributed by atoms with Crippen molar-refractivity contribution in [2.75, 3.05) is 26.3 Å². The Labute approximate surface area is 179 Å². The van der Waals surface area contributed by atoms with E-state index >= 15 is 0 Å². The SMILES string of the molecule is Cc1cc(C)c(CCC(=O)c2c(C)c(C(=O)N3CCOCC3)n3ncccc23)c(=O)[nH]1. The molecule has 1 N–H and O–H groups in total. The number of aromatic nitrogens is 3. The number of pyridine rings is 1. The number of H-pyrrole nitrogens is 1. The first-order chi connectivity index (χ1) is 14.9. The molecule has 1 aliphatic heterocycles. The summed E-state index contributed by atoms with van der Waals surface area (Å²) < 4.78 is 6.91. The van der Waals surface area contributed by atoms with Crippen LogP contribution in [0.3, 0.4) is 0 Å². The Bertz CT molecular complexity index is 1220. The molecule has 3 aromatic rings. The number of carbonyl (C=O) groups excluding carboxylic acids is 2. The average molecular weight is 422 g/mol. The van der Waals surface area contributed by atoms with E-state index in [0.29, 0.717) is 60.6 Å². The minimum Gasteiger partial charge on any atom is -0.378 e. The van der Waals surface area contributed by atoms with Gasteiger partial charge in [0.2, 0.25) is 0 Å². The topological polar surface area (TPSA) is 96.8 Å². The number of ether oxygens (including phenoxy) is 1. The van der Waals surface area contributed by atoms with E-state index in [-0.39, 0.29) is 23.7 Å². The van der Waals surface area contributed by atoms with Gasteiger partial charge in [0.25, 0.3) is 11.5 Å². The summed E-state index contributed by atoms with van der Waals surface area (Å²) in [4.78, 5) is 43.3. The number of fused-ring (bicyclic) bond motifs is 1. The third kappa shape index (κ3) is 3.90. The van der Waals surface area contributed by atoms with Gasteiger partial charge >= 0.3 is 0 Å². The molecule has 1 amide bonds. The molecule has 3 aromatic heterocycles. The van der Waals surface area contributed by atoms with E-state index in [1.807, 2.05) is 19.9 Å². The molecule has 4 heterocycles. The predicted octanol–water partition coefficient (Wildman–Crippen LogP) is 2.24. The maximum Gasteiger partial charge on any atom is 0.272 e. The first-order valence-electron chi connectivity index (χ1n) is 10.4. The number of carbonyl (C=O) groups is 2. The normalized spacial score (nSPS) is 14.2. The van der Waals surface area contributed by atoms with Crippen LogP contribution in [0.5, 0.6) is 0 Å². The molecule has 0 saturated carbocycles. The summed E-state index contributed by atoms with van der Waals surface area (Å²) in [7, 11) is 0. The number of rotatable bonds is 5. The molecule has 1 fully saturated rings. The number of nitrogens with one attached hydrogen (secondary N) is 1. The lowest BCUT2D eigenvalue weighted by atomic mass is 9.98. The van der Waals surface area contributed by atoms with Gasteiger partial charge in [0.1, 0.15) is 5.69 Å². The summed E-state index contributed by atoms with van der Waals surface area (Å²) in [6.45, 7) is 7.52. The number of hydrogen-bond donors (Lipinski definition) is 1. The van der Waals surface area contributed by atoms with E-state index in [1.165, 1.54) is 0 Å². The lowest BCUT2D eigenvalue weighted by Gasteiger charge is -2.26. The Morgan fingerprint density at radius 1 is 1.19 bits per heavy atom. The van der Waals surface area contributed by atoms with E-state index < -0.39 is 0 Å². The molecule has 0 spiro atoms. The Kier molecular flexibility index (Phi) is 5.73. The lowest BCUT2D eigenvalue weighted by molar-refractivity contribution is 0.0297. The fourth-order valence-corrected chi connectivity index (χ4v) is 4.28. The monoisotopic (exact) mass is 422 g/mol. The summed E-state index contributed by atoms with van der Waals surface area (Å²) in [5.41, 5.74) is 4.25. The third-order valence-electron chi connectivity index (χ3n) is 5.82. The molecule has 8 heteroatoms. The van der Waals surface area contributed by atoms with Gasteiger partial charge in [-0.15, -0.1) is 0 Å². The van der Waals surface area contributed by atoms with Crippen LogP contribution in [-0.2, 0) is 11.2 Å². The van der Waals surface area contributed by atoms with Gasteiger partial charge in [-0.05, 0) is 56.5 Å². The van der Waals surface area contributed by atoms with Crippen LogP contribution >= 0.6 is 0 Å². The smallest absolute Gasteiger partial charge is 0.272 e. The number of amides is 1. The Hall–Kier alpha value is -3.26. The van der Waals surface area contributed by atoms with Gasteiger partial charge in [-0.1, -0.05) is 0 Å². The summed E-state index contributed by atoms with van der Waals surface area (Å²) >= 11 is 0. The number of nitrogens with zero attached hydrogens (tertiary/aromatic N) is 3. The van der Waals surface area contributed by atoms with Crippen molar-refractivity contribution in [1.29, 1.82) is 0 Å². The summed E-state index contributed by atoms with van der Waals surface area (Å²) in [6.07, 6.45) is 2.11. The molecule has 0 aromatic carbocycles. The first kappa shape index (κ1) is 21.0. The second kappa shape index (κ2) is 8.47. The standard InChI is InChI=1S/C23H26N4O4/c1-14-13-15(2)25-22(29)17(14)6-7-19(28)20-16(3)21(27-18(20)5-4-8-24-27)23(30)26-9-11-31-12-10-26/h4-5,8,13H,6-7,9-12H2,1-3H3,(H,25,29). The predicted molar refractivity (Wildman–Crippen MR) is 116 cm³/mol. The molecule has 0 aliphatic carbocycles. The number of hydrogen-bond acceptors (Lipinski definition) is 5.